The van der Waals surface area contributed by atoms with Gasteiger partial charge in [0.2, 0.25) is 11.8 Å². The molecule has 0 saturated carbocycles. The number of aromatic amines is 1. The van der Waals surface area contributed by atoms with Gasteiger partial charge in [0.15, 0.2) is 0 Å². The molecule has 0 radical (unpaired) electrons. The number of benzene rings is 2. The SMILES string of the molecule is Cc1cc2cc(CNC(=O)C3CCC(=O)N(CCCc4ccccc4)C3)ccc2[nH]1. The molecule has 1 fully saturated rings. The third-order valence-electron chi connectivity index (χ3n) is 5.89. The van der Waals surface area contributed by atoms with Crippen LogP contribution in [0.3, 0.4) is 0 Å². The average Bonchev–Trinajstić information content (AvgIpc) is 3.13. The van der Waals surface area contributed by atoms with E-state index in [-0.39, 0.29) is 17.7 Å². The van der Waals surface area contributed by atoms with E-state index < -0.39 is 0 Å². The number of carbonyl (C=O) groups is 2. The standard InChI is InChI=1S/C25H29N3O2/c1-18-14-22-15-20(9-11-23(22)27-18)16-26-25(30)21-10-12-24(29)28(17-21)13-5-8-19-6-3-2-4-7-19/h2-4,6-7,9,11,14-15,21,27H,5,8,10,12-13,16-17H2,1H3,(H,26,30). The van der Waals surface area contributed by atoms with Gasteiger partial charge in [0.25, 0.3) is 0 Å². The first-order chi connectivity index (χ1) is 14.6. The molecule has 1 aliphatic rings. The van der Waals surface area contributed by atoms with E-state index in [9.17, 15) is 9.59 Å². The van der Waals surface area contributed by atoms with E-state index in [0.29, 0.717) is 32.5 Å². The van der Waals surface area contributed by atoms with Crippen molar-refractivity contribution >= 4 is 22.7 Å². The van der Waals surface area contributed by atoms with E-state index in [0.717, 1.165) is 35.0 Å². The number of aryl methyl sites for hydroxylation is 2. The van der Waals surface area contributed by atoms with Crippen LogP contribution in [-0.4, -0.2) is 34.8 Å². The fourth-order valence-corrected chi connectivity index (χ4v) is 4.23. The van der Waals surface area contributed by atoms with Gasteiger partial charge in [-0.1, -0.05) is 36.4 Å². The minimum atomic E-state index is -0.127. The van der Waals surface area contributed by atoms with Crippen molar-refractivity contribution < 1.29 is 9.59 Å². The molecule has 156 valence electrons. The van der Waals surface area contributed by atoms with Crippen LogP contribution < -0.4 is 5.32 Å². The Hall–Kier alpha value is -3.08. The first kappa shape index (κ1) is 20.2. The zero-order chi connectivity index (χ0) is 20.9. The molecule has 5 nitrogen and oxygen atoms in total. The molecule has 2 amide bonds. The molecule has 0 aliphatic carbocycles. The summed E-state index contributed by atoms with van der Waals surface area (Å²) in [4.78, 5) is 30.2. The fraction of sp³-hybridized carbons (Fsp3) is 0.360. The summed E-state index contributed by atoms with van der Waals surface area (Å²) in [5.41, 5.74) is 4.61. The lowest BCUT2D eigenvalue weighted by molar-refractivity contribution is -0.138. The summed E-state index contributed by atoms with van der Waals surface area (Å²) >= 11 is 0. The third kappa shape index (κ3) is 4.90. The minimum Gasteiger partial charge on any atom is -0.359 e. The van der Waals surface area contributed by atoms with E-state index in [1.807, 2.05) is 36.1 Å². The Morgan fingerprint density at radius 1 is 1.13 bits per heavy atom. The second-order valence-corrected chi connectivity index (χ2v) is 8.26. The number of aromatic nitrogens is 1. The van der Waals surface area contributed by atoms with Gasteiger partial charge in [-0.2, -0.15) is 0 Å². The van der Waals surface area contributed by atoms with Crippen molar-refractivity contribution in [2.75, 3.05) is 13.1 Å². The molecule has 2 aromatic carbocycles. The molecule has 5 heteroatoms. The van der Waals surface area contributed by atoms with Crippen molar-refractivity contribution in [2.45, 2.75) is 39.2 Å². The van der Waals surface area contributed by atoms with E-state index in [2.05, 4.69) is 40.6 Å². The number of carbonyl (C=O) groups excluding carboxylic acids is 2. The van der Waals surface area contributed by atoms with Gasteiger partial charge in [-0.05, 0) is 60.9 Å². The van der Waals surface area contributed by atoms with Crippen LogP contribution in [-0.2, 0) is 22.6 Å². The number of nitrogens with zero attached hydrogens (tertiary/aromatic N) is 1. The second kappa shape index (κ2) is 9.16. The number of piperidine rings is 1. The lowest BCUT2D eigenvalue weighted by atomic mass is 9.96. The molecule has 30 heavy (non-hydrogen) atoms. The maximum atomic E-state index is 12.7. The zero-order valence-electron chi connectivity index (χ0n) is 17.5. The van der Waals surface area contributed by atoms with Crippen molar-refractivity contribution in [1.82, 2.24) is 15.2 Å². The largest absolute Gasteiger partial charge is 0.359 e. The molecule has 1 aliphatic heterocycles. The van der Waals surface area contributed by atoms with Crippen LogP contribution in [0.15, 0.2) is 54.6 Å². The van der Waals surface area contributed by atoms with Crippen LogP contribution in [0.2, 0.25) is 0 Å². The first-order valence-corrected chi connectivity index (χ1v) is 10.8. The lowest BCUT2D eigenvalue weighted by Gasteiger charge is -2.32. The summed E-state index contributed by atoms with van der Waals surface area (Å²) in [7, 11) is 0. The van der Waals surface area contributed by atoms with Crippen molar-refractivity contribution in [3.05, 3.63) is 71.4 Å². The Kier molecular flexibility index (Phi) is 6.17. The molecule has 1 unspecified atom stereocenters. The number of likely N-dealkylation sites (tertiary alicyclic amines) is 1. The summed E-state index contributed by atoms with van der Waals surface area (Å²) in [6, 6.07) is 18.6. The molecule has 3 aromatic rings. The molecule has 2 heterocycles. The van der Waals surface area contributed by atoms with E-state index in [4.69, 9.17) is 0 Å². The highest BCUT2D eigenvalue weighted by atomic mass is 16.2. The van der Waals surface area contributed by atoms with E-state index in [1.165, 1.54) is 5.56 Å². The Labute approximate surface area is 177 Å². The number of hydrogen-bond acceptors (Lipinski definition) is 2. The maximum Gasteiger partial charge on any atom is 0.225 e. The van der Waals surface area contributed by atoms with Gasteiger partial charge >= 0.3 is 0 Å². The van der Waals surface area contributed by atoms with Crippen molar-refractivity contribution in [2.24, 2.45) is 5.92 Å². The van der Waals surface area contributed by atoms with Crippen LogP contribution in [0.5, 0.6) is 0 Å². The van der Waals surface area contributed by atoms with Gasteiger partial charge in [0.05, 0.1) is 5.92 Å². The number of H-pyrrole nitrogens is 1. The summed E-state index contributed by atoms with van der Waals surface area (Å²) in [5.74, 6) is 0.0824. The van der Waals surface area contributed by atoms with E-state index >= 15 is 0 Å². The molecule has 4 rings (SSSR count). The summed E-state index contributed by atoms with van der Waals surface area (Å²) in [6.45, 7) is 3.78. The van der Waals surface area contributed by atoms with Gasteiger partial charge in [-0.25, -0.2) is 0 Å². The third-order valence-corrected chi connectivity index (χ3v) is 5.89. The molecular weight excluding hydrogens is 374 g/mol. The molecule has 2 N–H and O–H groups in total. The lowest BCUT2D eigenvalue weighted by Crippen LogP contribution is -2.46. The molecular formula is C25H29N3O2. The van der Waals surface area contributed by atoms with Crippen LogP contribution in [0.1, 0.15) is 36.1 Å². The van der Waals surface area contributed by atoms with Gasteiger partial charge in [-0.3, -0.25) is 9.59 Å². The average molecular weight is 404 g/mol. The van der Waals surface area contributed by atoms with Crippen molar-refractivity contribution in [1.29, 1.82) is 0 Å². The van der Waals surface area contributed by atoms with Crippen molar-refractivity contribution in [3.63, 3.8) is 0 Å². The van der Waals surface area contributed by atoms with Crippen LogP contribution in [0, 0.1) is 12.8 Å². The van der Waals surface area contributed by atoms with Crippen LogP contribution in [0.4, 0.5) is 0 Å². The molecule has 1 atom stereocenters. The maximum absolute atomic E-state index is 12.7. The number of fused-ring (bicyclic) bond motifs is 1. The highest BCUT2D eigenvalue weighted by Crippen LogP contribution is 2.20. The number of nitrogens with one attached hydrogen (secondary N) is 2. The quantitative estimate of drug-likeness (QED) is 0.627. The predicted molar refractivity (Wildman–Crippen MR) is 119 cm³/mol. The van der Waals surface area contributed by atoms with Crippen LogP contribution in [0.25, 0.3) is 10.9 Å². The Morgan fingerprint density at radius 2 is 1.97 bits per heavy atom. The van der Waals surface area contributed by atoms with Crippen LogP contribution >= 0.6 is 0 Å². The predicted octanol–water partition coefficient (Wildman–Crippen LogP) is 3.96. The molecule has 1 saturated heterocycles. The van der Waals surface area contributed by atoms with Gasteiger partial charge in [0.1, 0.15) is 0 Å². The number of amides is 2. The van der Waals surface area contributed by atoms with Gasteiger partial charge < -0.3 is 15.2 Å². The first-order valence-electron chi connectivity index (χ1n) is 10.8. The topological polar surface area (TPSA) is 65.2 Å². The smallest absolute Gasteiger partial charge is 0.225 e. The minimum absolute atomic E-state index is 0.0425. The van der Waals surface area contributed by atoms with Gasteiger partial charge in [0, 0.05) is 37.3 Å². The Bertz CT molecular complexity index is 1030. The summed E-state index contributed by atoms with van der Waals surface area (Å²) in [5, 5.41) is 4.23. The fourth-order valence-electron chi connectivity index (χ4n) is 4.23. The second-order valence-electron chi connectivity index (χ2n) is 8.26. The zero-order valence-corrected chi connectivity index (χ0v) is 17.5. The number of rotatable bonds is 7. The van der Waals surface area contributed by atoms with Gasteiger partial charge in [-0.15, -0.1) is 0 Å². The Balaban J connectivity index is 1.28. The normalized spacial score (nSPS) is 16.8. The molecule has 0 spiro atoms. The molecule has 1 aromatic heterocycles. The highest BCUT2D eigenvalue weighted by molar-refractivity contribution is 5.84. The monoisotopic (exact) mass is 403 g/mol. The van der Waals surface area contributed by atoms with E-state index in [1.54, 1.807) is 0 Å². The van der Waals surface area contributed by atoms with Crippen molar-refractivity contribution in [3.8, 4) is 0 Å². The number of hydrogen-bond donors (Lipinski definition) is 2. The summed E-state index contributed by atoms with van der Waals surface area (Å²) < 4.78 is 0. The summed E-state index contributed by atoms with van der Waals surface area (Å²) in [6.07, 6.45) is 2.96. The molecule has 0 bridgehead atoms. The highest BCUT2D eigenvalue weighted by Gasteiger charge is 2.29. The Morgan fingerprint density at radius 3 is 2.80 bits per heavy atom.